The van der Waals surface area contributed by atoms with Crippen molar-refractivity contribution in [3.8, 4) is 0 Å². The van der Waals surface area contributed by atoms with Gasteiger partial charge in [-0.1, -0.05) is 78.7 Å². The topological polar surface area (TPSA) is 49.7 Å². The Morgan fingerprint density at radius 1 is 1.03 bits per heavy atom. The summed E-state index contributed by atoms with van der Waals surface area (Å²) in [7, 11) is 0. The van der Waals surface area contributed by atoms with Crippen molar-refractivity contribution in [1.29, 1.82) is 0 Å². The molecule has 0 spiro atoms. The Kier molecular flexibility index (Phi) is 8.55. The van der Waals surface area contributed by atoms with Crippen LogP contribution in [0.5, 0.6) is 0 Å². The first kappa shape index (κ1) is 28.4. The fourth-order valence-corrected chi connectivity index (χ4v) is 9.25. The lowest BCUT2D eigenvalue weighted by molar-refractivity contribution is -0.221. The standard InChI is InChI=1S/C33H56O3/c1-8-10-19-36-30-20-26-28-14-13-27(23(5)11-12-24(9-2)22(3)4)31(28,6)17-16-29(26)32(7)18-15-25(34)21-33(30,32)35/h11-12,20,22-25,27-30,34-35H,8-10,13-19,21H2,1-7H3/b12-11+/t23-,24+,25+,27-,28+,29+,30-,31-,32-,33+/m1/s1. The first-order chi connectivity index (χ1) is 17.0. The summed E-state index contributed by atoms with van der Waals surface area (Å²) >= 11 is 0. The minimum absolute atomic E-state index is 0.219. The molecule has 3 heteroatoms. The SMILES string of the molecule is CCCCO[C@@H]1C=C2[C@@H]3CC[C@H]([C@H](C)/C=C/[C@H](CC)C(C)C)[C@@]3(C)CC[C@@H]2[C@@]2(C)CC[C@H](O)C[C@]12O. The summed E-state index contributed by atoms with van der Waals surface area (Å²) in [5, 5.41) is 22.8. The van der Waals surface area contributed by atoms with Crippen LogP contribution < -0.4 is 0 Å². The third-order valence-corrected chi connectivity index (χ3v) is 11.7. The fraction of sp³-hybridized carbons (Fsp3) is 0.879. The molecule has 0 radical (unpaired) electrons. The van der Waals surface area contributed by atoms with Gasteiger partial charge in [-0.3, -0.25) is 0 Å². The van der Waals surface area contributed by atoms with Crippen LogP contribution in [0.15, 0.2) is 23.8 Å². The molecule has 3 nitrogen and oxygen atoms in total. The summed E-state index contributed by atoms with van der Waals surface area (Å²) in [5.41, 5.74) is 0.727. The zero-order valence-corrected chi connectivity index (χ0v) is 24.4. The highest BCUT2D eigenvalue weighted by Gasteiger charge is 2.65. The lowest BCUT2D eigenvalue weighted by Crippen LogP contribution is -2.66. The van der Waals surface area contributed by atoms with E-state index in [1.54, 1.807) is 5.57 Å². The highest BCUT2D eigenvalue weighted by Crippen LogP contribution is 2.67. The smallest absolute Gasteiger partial charge is 0.105 e. The molecule has 0 aromatic rings. The molecule has 4 rings (SSSR count). The Morgan fingerprint density at radius 2 is 1.78 bits per heavy atom. The van der Waals surface area contributed by atoms with Crippen molar-refractivity contribution in [2.24, 2.45) is 46.3 Å². The summed E-state index contributed by atoms with van der Waals surface area (Å²) in [6, 6.07) is 0. The Morgan fingerprint density at radius 3 is 2.44 bits per heavy atom. The molecule has 3 saturated carbocycles. The van der Waals surface area contributed by atoms with Crippen molar-refractivity contribution in [1.82, 2.24) is 0 Å². The number of allylic oxidation sites excluding steroid dienone is 3. The van der Waals surface area contributed by atoms with Gasteiger partial charge in [-0.2, -0.15) is 0 Å². The molecule has 3 fully saturated rings. The number of hydrogen-bond acceptors (Lipinski definition) is 3. The monoisotopic (exact) mass is 500 g/mol. The van der Waals surface area contributed by atoms with Gasteiger partial charge in [0.1, 0.15) is 11.7 Å². The maximum Gasteiger partial charge on any atom is 0.105 e. The Hall–Kier alpha value is -0.640. The average Bonchev–Trinajstić information content (AvgIpc) is 3.18. The predicted octanol–water partition coefficient (Wildman–Crippen LogP) is 7.71. The van der Waals surface area contributed by atoms with E-state index >= 15 is 0 Å². The molecule has 206 valence electrons. The van der Waals surface area contributed by atoms with Gasteiger partial charge < -0.3 is 14.9 Å². The van der Waals surface area contributed by atoms with Crippen molar-refractivity contribution < 1.29 is 14.9 Å². The largest absolute Gasteiger partial charge is 0.393 e. The first-order valence-electron chi connectivity index (χ1n) is 15.4. The van der Waals surface area contributed by atoms with Crippen LogP contribution in [0.3, 0.4) is 0 Å². The minimum Gasteiger partial charge on any atom is -0.393 e. The van der Waals surface area contributed by atoms with Gasteiger partial charge in [-0.15, -0.1) is 0 Å². The van der Waals surface area contributed by atoms with E-state index in [9.17, 15) is 10.2 Å². The lowest BCUT2D eigenvalue weighted by atomic mass is 9.45. The van der Waals surface area contributed by atoms with Crippen molar-refractivity contribution in [2.45, 2.75) is 130 Å². The van der Waals surface area contributed by atoms with Crippen molar-refractivity contribution in [3.05, 3.63) is 23.8 Å². The summed E-state index contributed by atoms with van der Waals surface area (Å²) in [6.07, 6.45) is 17.1. The van der Waals surface area contributed by atoms with Crippen molar-refractivity contribution in [2.75, 3.05) is 6.61 Å². The molecule has 4 aliphatic carbocycles. The first-order valence-corrected chi connectivity index (χ1v) is 15.4. The highest BCUT2D eigenvalue weighted by atomic mass is 16.5. The van der Waals surface area contributed by atoms with Gasteiger partial charge in [0, 0.05) is 18.4 Å². The number of aliphatic hydroxyl groups is 2. The van der Waals surface area contributed by atoms with Crippen LogP contribution in [0.1, 0.15) is 113 Å². The van der Waals surface area contributed by atoms with E-state index in [-0.39, 0.29) is 11.5 Å². The number of aliphatic hydroxyl groups excluding tert-OH is 1. The molecule has 10 atom stereocenters. The zero-order chi connectivity index (χ0) is 26.3. The molecule has 2 N–H and O–H groups in total. The summed E-state index contributed by atoms with van der Waals surface area (Å²) in [5.74, 6) is 3.69. The number of unbranched alkanes of at least 4 members (excludes halogenated alkanes) is 1. The van der Waals surface area contributed by atoms with Gasteiger partial charge in [0.05, 0.1) is 6.10 Å². The van der Waals surface area contributed by atoms with E-state index < -0.39 is 11.7 Å². The Labute approximate surface area is 222 Å². The molecule has 0 aromatic carbocycles. The molecular formula is C33H56O3. The highest BCUT2D eigenvalue weighted by molar-refractivity contribution is 5.33. The van der Waals surface area contributed by atoms with E-state index in [1.165, 1.54) is 25.7 Å². The van der Waals surface area contributed by atoms with E-state index in [4.69, 9.17) is 4.74 Å². The van der Waals surface area contributed by atoms with Crippen LogP contribution in [0.2, 0.25) is 0 Å². The summed E-state index contributed by atoms with van der Waals surface area (Å²) < 4.78 is 6.47. The van der Waals surface area contributed by atoms with Gasteiger partial charge in [0.25, 0.3) is 0 Å². The van der Waals surface area contributed by atoms with Crippen molar-refractivity contribution >= 4 is 0 Å². The van der Waals surface area contributed by atoms with Crippen LogP contribution in [0.25, 0.3) is 0 Å². The molecule has 0 aliphatic heterocycles. The molecule has 0 unspecified atom stereocenters. The van der Waals surface area contributed by atoms with E-state index in [1.807, 2.05) is 0 Å². The molecule has 0 heterocycles. The third-order valence-electron chi connectivity index (χ3n) is 11.7. The molecule has 0 amide bonds. The predicted molar refractivity (Wildman–Crippen MR) is 150 cm³/mol. The van der Waals surface area contributed by atoms with Crippen LogP contribution in [-0.4, -0.2) is 34.6 Å². The Balaban J connectivity index is 1.63. The number of rotatable bonds is 9. The molecule has 0 saturated heterocycles. The van der Waals surface area contributed by atoms with Gasteiger partial charge in [0.2, 0.25) is 0 Å². The van der Waals surface area contributed by atoms with E-state index in [2.05, 4.69) is 66.7 Å². The maximum atomic E-state index is 12.2. The molecule has 36 heavy (non-hydrogen) atoms. The second kappa shape index (κ2) is 10.9. The maximum absolute atomic E-state index is 12.2. The van der Waals surface area contributed by atoms with Crippen LogP contribution >= 0.6 is 0 Å². The minimum atomic E-state index is -0.972. The third kappa shape index (κ3) is 4.68. The average molecular weight is 501 g/mol. The molecular weight excluding hydrogens is 444 g/mol. The number of hydrogen-bond donors (Lipinski definition) is 2. The van der Waals surface area contributed by atoms with Gasteiger partial charge in [0.15, 0.2) is 0 Å². The van der Waals surface area contributed by atoms with E-state index in [0.717, 1.165) is 32.1 Å². The van der Waals surface area contributed by atoms with Crippen molar-refractivity contribution in [3.63, 3.8) is 0 Å². The summed E-state index contributed by atoms with van der Waals surface area (Å²) in [6.45, 7) is 17.2. The number of ether oxygens (including phenoxy) is 1. The zero-order valence-electron chi connectivity index (χ0n) is 24.4. The normalized spacial score (nSPS) is 44.2. The second-order valence-corrected chi connectivity index (χ2v) is 13.9. The van der Waals surface area contributed by atoms with Gasteiger partial charge in [-0.25, -0.2) is 0 Å². The van der Waals surface area contributed by atoms with Gasteiger partial charge in [-0.05, 0) is 92.3 Å². The quantitative estimate of drug-likeness (QED) is 0.252. The molecule has 0 aromatic heterocycles. The summed E-state index contributed by atoms with van der Waals surface area (Å²) in [4.78, 5) is 0. The van der Waals surface area contributed by atoms with E-state index in [0.29, 0.717) is 54.0 Å². The number of fused-ring (bicyclic) bond motifs is 5. The molecule has 0 bridgehead atoms. The van der Waals surface area contributed by atoms with Crippen LogP contribution in [0, 0.1) is 46.3 Å². The Bertz CT molecular complexity index is 816. The fourth-order valence-electron chi connectivity index (χ4n) is 9.25. The molecule has 4 aliphatic rings. The van der Waals surface area contributed by atoms with Gasteiger partial charge >= 0.3 is 0 Å². The second-order valence-electron chi connectivity index (χ2n) is 13.9. The van der Waals surface area contributed by atoms with Crippen LogP contribution in [-0.2, 0) is 4.74 Å². The lowest BCUT2D eigenvalue weighted by Gasteiger charge is -2.62. The van der Waals surface area contributed by atoms with Crippen LogP contribution in [0.4, 0.5) is 0 Å².